The second kappa shape index (κ2) is 7.74. The maximum atomic E-state index is 12.1. The SMILES string of the molecule is COC(=O)c1sc2cc(C(C)=NO)ccc2c1OCC(=O)OC(C)(C)C. The third-order valence-electron chi connectivity index (χ3n) is 3.34. The summed E-state index contributed by atoms with van der Waals surface area (Å²) in [6.07, 6.45) is 0. The van der Waals surface area contributed by atoms with E-state index in [1.807, 2.05) is 0 Å². The lowest BCUT2D eigenvalue weighted by atomic mass is 10.1. The van der Waals surface area contributed by atoms with Crippen molar-refractivity contribution in [2.24, 2.45) is 5.16 Å². The van der Waals surface area contributed by atoms with Gasteiger partial charge in [0.1, 0.15) is 5.60 Å². The van der Waals surface area contributed by atoms with E-state index in [0.717, 1.165) is 4.70 Å². The van der Waals surface area contributed by atoms with Crippen LogP contribution in [0.2, 0.25) is 0 Å². The molecule has 0 spiro atoms. The van der Waals surface area contributed by atoms with E-state index in [0.29, 0.717) is 16.7 Å². The van der Waals surface area contributed by atoms with Gasteiger partial charge in [-0.1, -0.05) is 11.2 Å². The van der Waals surface area contributed by atoms with Gasteiger partial charge < -0.3 is 19.4 Å². The van der Waals surface area contributed by atoms with Gasteiger partial charge in [0.25, 0.3) is 0 Å². The van der Waals surface area contributed by atoms with E-state index in [1.54, 1.807) is 45.9 Å². The highest BCUT2D eigenvalue weighted by Gasteiger charge is 2.23. The zero-order valence-electron chi connectivity index (χ0n) is 15.3. The zero-order valence-corrected chi connectivity index (χ0v) is 16.1. The molecule has 0 fully saturated rings. The molecule has 0 saturated carbocycles. The molecule has 1 aromatic heterocycles. The Hall–Kier alpha value is -2.61. The Balaban J connectivity index is 2.39. The number of rotatable bonds is 5. The van der Waals surface area contributed by atoms with E-state index in [4.69, 9.17) is 19.4 Å². The molecule has 0 amide bonds. The molecule has 0 saturated heterocycles. The highest BCUT2D eigenvalue weighted by atomic mass is 32.1. The number of esters is 2. The first-order valence-corrected chi connectivity index (χ1v) is 8.66. The lowest BCUT2D eigenvalue weighted by molar-refractivity contribution is -0.157. The maximum absolute atomic E-state index is 12.1. The number of hydrogen-bond donors (Lipinski definition) is 1. The molecule has 1 N–H and O–H groups in total. The normalized spacial score (nSPS) is 12.1. The molecule has 0 aliphatic heterocycles. The van der Waals surface area contributed by atoms with Crippen molar-refractivity contribution in [1.29, 1.82) is 0 Å². The van der Waals surface area contributed by atoms with Gasteiger partial charge in [0.15, 0.2) is 17.2 Å². The molecule has 0 radical (unpaired) electrons. The summed E-state index contributed by atoms with van der Waals surface area (Å²) in [6.45, 7) is 6.62. The topological polar surface area (TPSA) is 94.4 Å². The summed E-state index contributed by atoms with van der Waals surface area (Å²) in [5, 5.41) is 12.8. The lowest BCUT2D eigenvalue weighted by Gasteiger charge is -2.19. The van der Waals surface area contributed by atoms with Gasteiger partial charge in [-0.25, -0.2) is 9.59 Å². The average molecular weight is 379 g/mol. The van der Waals surface area contributed by atoms with Crippen LogP contribution < -0.4 is 4.74 Å². The van der Waals surface area contributed by atoms with Crippen molar-refractivity contribution >= 4 is 39.1 Å². The first kappa shape index (κ1) is 19.7. The number of nitrogens with zero attached hydrogens (tertiary/aromatic N) is 1. The van der Waals surface area contributed by atoms with Gasteiger partial charge in [-0.2, -0.15) is 0 Å². The summed E-state index contributed by atoms with van der Waals surface area (Å²) in [6, 6.07) is 5.26. The lowest BCUT2D eigenvalue weighted by Crippen LogP contribution is -2.27. The standard InChI is InChI=1S/C18H21NO6S/c1-10(19-22)11-6-7-12-13(8-11)26-16(17(21)23-5)15(12)24-9-14(20)25-18(2,3)4/h6-8,22H,9H2,1-5H3. The number of carbonyl (C=O) groups excluding carboxylic acids is 2. The Kier molecular flexibility index (Phi) is 5.86. The van der Waals surface area contributed by atoms with Crippen LogP contribution >= 0.6 is 11.3 Å². The number of thiophene rings is 1. The largest absolute Gasteiger partial charge is 0.479 e. The minimum Gasteiger partial charge on any atom is -0.479 e. The van der Waals surface area contributed by atoms with E-state index < -0.39 is 17.5 Å². The van der Waals surface area contributed by atoms with Gasteiger partial charge in [0, 0.05) is 15.6 Å². The van der Waals surface area contributed by atoms with E-state index >= 15 is 0 Å². The molecule has 26 heavy (non-hydrogen) atoms. The highest BCUT2D eigenvalue weighted by Crippen LogP contribution is 2.39. The Labute approximate surface area is 155 Å². The first-order valence-electron chi connectivity index (χ1n) is 7.85. The van der Waals surface area contributed by atoms with Gasteiger partial charge in [-0.15, -0.1) is 11.3 Å². The second-order valence-electron chi connectivity index (χ2n) is 6.52. The van der Waals surface area contributed by atoms with Crippen LogP contribution in [0, 0.1) is 0 Å². The van der Waals surface area contributed by atoms with Crippen molar-refractivity contribution in [2.45, 2.75) is 33.3 Å². The smallest absolute Gasteiger partial charge is 0.351 e. The highest BCUT2D eigenvalue weighted by molar-refractivity contribution is 7.21. The minimum absolute atomic E-state index is 0.252. The molecule has 0 aliphatic rings. The monoisotopic (exact) mass is 379 g/mol. The van der Waals surface area contributed by atoms with E-state index in [9.17, 15) is 9.59 Å². The van der Waals surface area contributed by atoms with E-state index in [1.165, 1.54) is 18.4 Å². The zero-order chi connectivity index (χ0) is 19.5. The summed E-state index contributed by atoms with van der Waals surface area (Å²) in [7, 11) is 1.28. The number of carbonyl (C=O) groups is 2. The molecule has 0 unspecified atom stereocenters. The molecular weight excluding hydrogens is 358 g/mol. The molecular formula is C18H21NO6S. The fourth-order valence-corrected chi connectivity index (χ4v) is 3.33. The summed E-state index contributed by atoms with van der Waals surface area (Å²) < 4.78 is 16.4. The van der Waals surface area contributed by atoms with Crippen LogP contribution in [-0.2, 0) is 14.3 Å². The number of fused-ring (bicyclic) bond motifs is 1. The molecule has 0 bridgehead atoms. The summed E-state index contributed by atoms with van der Waals surface area (Å²) >= 11 is 1.18. The average Bonchev–Trinajstić information content (AvgIpc) is 2.94. The number of methoxy groups -OCH3 is 1. The predicted octanol–water partition coefficient (Wildman–Crippen LogP) is 3.61. The van der Waals surface area contributed by atoms with E-state index in [2.05, 4.69) is 5.16 Å². The molecule has 2 aromatic rings. The van der Waals surface area contributed by atoms with Crippen molar-refractivity contribution in [3.63, 3.8) is 0 Å². The molecule has 140 valence electrons. The Morgan fingerprint density at radius 2 is 1.96 bits per heavy atom. The summed E-state index contributed by atoms with van der Waals surface area (Å²) in [4.78, 5) is 24.3. The first-order chi connectivity index (χ1) is 12.2. The van der Waals surface area contributed by atoms with E-state index in [-0.39, 0.29) is 17.2 Å². The van der Waals surface area contributed by atoms with Gasteiger partial charge in [0.2, 0.25) is 0 Å². The third kappa shape index (κ3) is 4.51. The maximum Gasteiger partial charge on any atom is 0.351 e. The second-order valence-corrected chi connectivity index (χ2v) is 7.58. The number of benzene rings is 1. The van der Waals surface area contributed by atoms with Crippen molar-refractivity contribution in [2.75, 3.05) is 13.7 Å². The number of ether oxygens (including phenoxy) is 3. The number of hydrogen-bond acceptors (Lipinski definition) is 8. The fourth-order valence-electron chi connectivity index (χ4n) is 2.23. The molecule has 2 rings (SSSR count). The van der Waals surface area contributed by atoms with Crippen molar-refractivity contribution < 1.29 is 29.0 Å². The fraction of sp³-hybridized carbons (Fsp3) is 0.389. The van der Waals surface area contributed by atoms with Crippen LogP contribution in [0.3, 0.4) is 0 Å². The van der Waals surface area contributed by atoms with Gasteiger partial charge in [0.05, 0.1) is 12.8 Å². The molecule has 0 atom stereocenters. The Bertz CT molecular complexity index is 862. The Morgan fingerprint density at radius 1 is 1.27 bits per heavy atom. The van der Waals surface area contributed by atoms with Gasteiger partial charge in [-0.05, 0) is 39.8 Å². The van der Waals surface area contributed by atoms with Gasteiger partial charge in [-0.3, -0.25) is 0 Å². The van der Waals surface area contributed by atoms with Crippen molar-refractivity contribution in [3.05, 3.63) is 28.6 Å². The van der Waals surface area contributed by atoms with Gasteiger partial charge >= 0.3 is 11.9 Å². The molecule has 8 heteroatoms. The van der Waals surface area contributed by atoms with Crippen LogP contribution in [0.1, 0.15) is 42.9 Å². The van der Waals surface area contributed by atoms with Crippen LogP contribution in [0.4, 0.5) is 0 Å². The van der Waals surface area contributed by atoms with Crippen molar-refractivity contribution in [1.82, 2.24) is 0 Å². The quantitative estimate of drug-likeness (QED) is 0.369. The van der Waals surface area contributed by atoms with Crippen LogP contribution in [0.5, 0.6) is 5.75 Å². The summed E-state index contributed by atoms with van der Waals surface area (Å²) in [5.41, 5.74) is 0.519. The molecule has 1 aromatic carbocycles. The molecule has 1 heterocycles. The van der Waals surface area contributed by atoms with Crippen LogP contribution in [0.25, 0.3) is 10.1 Å². The van der Waals surface area contributed by atoms with Crippen LogP contribution in [-0.4, -0.2) is 42.2 Å². The number of oxime groups is 1. The minimum atomic E-state index is -0.627. The van der Waals surface area contributed by atoms with Crippen molar-refractivity contribution in [3.8, 4) is 5.75 Å². The predicted molar refractivity (Wildman–Crippen MR) is 98.5 cm³/mol. The summed E-state index contributed by atoms with van der Waals surface area (Å²) in [5.74, 6) is -0.820. The third-order valence-corrected chi connectivity index (χ3v) is 4.45. The Morgan fingerprint density at radius 3 is 2.54 bits per heavy atom. The molecule has 7 nitrogen and oxygen atoms in total. The molecule has 0 aliphatic carbocycles. The van der Waals surface area contributed by atoms with Crippen LogP contribution in [0.15, 0.2) is 23.4 Å².